The summed E-state index contributed by atoms with van der Waals surface area (Å²) < 4.78 is 86.0. The third-order valence-corrected chi connectivity index (χ3v) is 7.12. The van der Waals surface area contributed by atoms with Crippen molar-refractivity contribution in [1.82, 2.24) is 14.4 Å². The summed E-state index contributed by atoms with van der Waals surface area (Å²) in [5, 5.41) is 3.89. The summed E-state index contributed by atoms with van der Waals surface area (Å²) >= 11 is 0. The van der Waals surface area contributed by atoms with Crippen LogP contribution in [-0.2, 0) is 6.54 Å². The Morgan fingerprint density at radius 1 is 1.00 bits per heavy atom. The van der Waals surface area contributed by atoms with Crippen LogP contribution in [0.4, 0.5) is 32.0 Å². The van der Waals surface area contributed by atoms with Crippen LogP contribution in [-0.4, -0.2) is 65.5 Å². The Hall–Kier alpha value is -2.72. The van der Waals surface area contributed by atoms with Crippen molar-refractivity contribution in [2.45, 2.75) is 44.2 Å². The first-order valence-electron chi connectivity index (χ1n) is 12.1. The van der Waals surface area contributed by atoms with Crippen LogP contribution in [0.15, 0.2) is 42.5 Å². The van der Waals surface area contributed by atoms with Gasteiger partial charge in [0.1, 0.15) is 11.6 Å². The zero-order chi connectivity index (χ0) is 25.6. The van der Waals surface area contributed by atoms with E-state index in [1.165, 1.54) is 0 Å². The van der Waals surface area contributed by atoms with Crippen molar-refractivity contribution in [1.29, 1.82) is 0 Å². The molecule has 3 aromatic rings. The number of hydrogen-bond acceptors (Lipinski definition) is 3. The highest BCUT2D eigenvalue weighted by Crippen LogP contribution is 2.42. The smallest absolute Gasteiger partial charge is 0.380 e. The van der Waals surface area contributed by atoms with E-state index < -0.39 is 48.7 Å². The van der Waals surface area contributed by atoms with Crippen molar-refractivity contribution in [2.75, 3.05) is 38.2 Å². The predicted molar refractivity (Wildman–Crippen MR) is 127 cm³/mol. The minimum absolute atomic E-state index is 0.0341. The Labute approximate surface area is 205 Å². The van der Waals surface area contributed by atoms with E-state index in [2.05, 4.69) is 5.32 Å². The SMILES string of the molecule is C[C@@H]1Cn2c(cc3ccccc32)[C@H](c2c(F)cc(NC3CN(CCCF)C3)cc2F)N1CC(F)(F)F. The van der Waals surface area contributed by atoms with Crippen LogP contribution in [0.3, 0.4) is 0 Å². The van der Waals surface area contributed by atoms with Gasteiger partial charge in [0.25, 0.3) is 0 Å². The maximum atomic E-state index is 15.5. The van der Waals surface area contributed by atoms with Gasteiger partial charge in [-0.2, -0.15) is 13.2 Å². The highest BCUT2D eigenvalue weighted by atomic mass is 19.4. The van der Waals surface area contributed by atoms with E-state index in [4.69, 9.17) is 0 Å². The molecule has 0 aliphatic carbocycles. The van der Waals surface area contributed by atoms with Gasteiger partial charge in [0, 0.05) is 54.7 Å². The molecule has 194 valence electrons. The van der Waals surface area contributed by atoms with Gasteiger partial charge in [-0.25, -0.2) is 8.78 Å². The number of halogens is 6. The Balaban J connectivity index is 1.50. The molecule has 36 heavy (non-hydrogen) atoms. The van der Waals surface area contributed by atoms with Crippen molar-refractivity contribution in [3.63, 3.8) is 0 Å². The molecule has 2 aromatic carbocycles. The number of para-hydroxylation sites is 1. The predicted octanol–water partition coefficient (Wildman–Crippen LogP) is 5.73. The summed E-state index contributed by atoms with van der Waals surface area (Å²) in [7, 11) is 0. The fraction of sp³-hybridized carbons (Fsp3) is 0.462. The molecule has 1 N–H and O–H groups in total. The minimum atomic E-state index is -4.53. The molecule has 1 fully saturated rings. The number of nitrogens with one attached hydrogen (secondary N) is 1. The molecule has 2 aliphatic heterocycles. The van der Waals surface area contributed by atoms with E-state index in [1.54, 1.807) is 13.0 Å². The molecule has 1 saturated heterocycles. The lowest BCUT2D eigenvalue weighted by Crippen LogP contribution is -2.54. The number of nitrogens with zero attached hydrogens (tertiary/aromatic N) is 3. The Kier molecular flexibility index (Phi) is 6.67. The van der Waals surface area contributed by atoms with Crippen molar-refractivity contribution >= 4 is 16.6 Å². The summed E-state index contributed by atoms with van der Waals surface area (Å²) in [4.78, 5) is 3.17. The second-order valence-electron chi connectivity index (χ2n) is 9.77. The number of hydrogen-bond donors (Lipinski definition) is 1. The van der Waals surface area contributed by atoms with Crippen LogP contribution < -0.4 is 5.32 Å². The fourth-order valence-corrected chi connectivity index (χ4v) is 5.52. The van der Waals surface area contributed by atoms with Crippen LogP contribution in [0.25, 0.3) is 10.9 Å². The summed E-state index contributed by atoms with van der Waals surface area (Å²) in [5.41, 5.74) is 1.09. The summed E-state index contributed by atoms with van der Waals surface area (Å²) in [5.74, 6) is -1.79. The van der Waals surface area contributed by atoms with Crippen molar-refractivity contribution in [3.05, 3.63) is 65.4 Å². The van der Waals surface area contributed by atoms with E-state index in [0.717, 1.165) is 27.9 Å². The van der Waals surface area contributed by atoms with Gasteiger partial charge in [0.2, 0.25) is 0 Å². The number of benzene rings is 2. The van der Waals surface area contributed by atoms with Crippen molar-refractivity contribution in [2.24, 2.45) is 0 Å². The van der Waals surface area contributed by atoms with E-state index in [0.29, 0.717) is 31.7 Å². The second-order valence-corrected chi connectivity index (χ2v) is 9.77. The monoisotopic (exact) mass is 510 g/mol. The van der Waals surface area contributed by atoms with Crippen LogP contribution in [0.1, 0.15) is 30.6 Å². The van der Waals surface area contributed by atoms with Gasteiger partial charge >= 0.3 is 6.18 Å². The van der Waals surface area contributed by atoms with Gasteiger partial charge in [-0.15, -0.1) is 0 Å². The standard InChI is InChI=1S/C26H28F6N4/c1-16-12-35-22-6-3-2-5-17(22)9-23(35)25(36(16)15-26(30,31)32)24-20(28)10-18(11-21(24)29)33-19-13-34(14-19)8-4-7-27/h2-3,5-6,9-11,16,19,25,33H,4,7-8,12-15H2,1H3/t16-,25-/m1/s1. The summed E-state index contributed by atoms with van der Waals surface area (Å²) in [6.45, 7) is 2.13. The molecule has 0 radical (unpaired) electrons. The van der Waals surface area contributed by atoms with Crippen LogP contribution >= 0.6 is 0 Å². The van der Waals surface area contributed by atoms with E-state index >= 15 is 8.78 Å². The normalized spacial score (nSPS) is 21.5. The number of aromatic nitrogens is 1. The first-order chi connectivity index (χ1) is 17.1. The van der Waals surface area contributed by atoms with Crippen LogP contribution in [0, 0.1) is 11.6 Å². The second kappa shape index (κ2) is 9.63. The van der Waals surface area contributed by atoms with Crippen molar-refractivity contribution in [3.8, 4) is 0 Å². The van der Waals surface area contributed by atoms with Gasteiger partial charge in [-0.3, -0.25) is 14.2 Å². The van der Waals surface area contributed by atoms with Crippen LogP contribution in [0.2, 0.25) is 0 Å². The Morgan fingerprint density at radius 3 is 2.36 bits per heavy atom. The fourth-order valence-electron chi connectivity index (χ4n) is 5.52. The molecule has 10 heteroatoms. The Bertz CT molecular complexity index is 1210. The lowest BCUT2D eigenvalue weighted by molar-refractivity contribution is -0.157. The summed E-state index contributed by atoms with van der Waals surface area (Å²) in [6.07, 6.45) is -4.09. The number of alkyl halides is 4. The lowest BCUT2D eigenvalue weighted by atomic mass is 9.95. The Morgan fingerprint density at radius 2 is 1.69 bits per heavy atom. The molecule has 0 amide bonds. The van der Waals surface area contributed by atoms with Crippen LogP contribution in [0.5, 0.6) is 0 Å². The molecule has 5 rings (SSSR count). The van der Waals surface area contributed by atoms with E-state index in [1.807, 2.05) is 33.7 Å². The number of rotatable bonds is 7. The molecular weight excluding hydrogens is 482 g/mol. The molecular formula is C26H28F6N4. The summed E-state index contributed by atoms with van der Waals surface area (Å²) in [6, 6.07) is 9.50. The zero-order valence-corrected chi connectivity index (χ0v) is 19.8. The van der Waals surface area contributed by atoms with Gasteiger partial charge in [-0.1, -0.05) is 18.2 Å². The molecule has 0 unspecified atom stereocenters. The quantitative estimate of drug-likeness (QED) is 0.411. The van der Waals surface area contributed by atoms with Gasteiger partial charge < -0.3 is 9.88 Å². The van der Waals surface area contributed by atoms with Gasteiger partial charge in [0.05, 0.1) is 25.3 Å². The number of fused-ring (bicyclic) bond motifs is 3. The molecule has 1 aromatic heterocycles. The number of likely N-dealkylation sites (tertiary alicyclic amines) is 1. The number of anilines is 1. The zero-order valence-electron chi connectivity index (χ0n) is 19.8. The average Bonchev–Trinajstić information content (AvgIpc) is 3.14. The lowest BCUT2D eigenvalue weighted by Gasteiger charge is -2.42. The first-order valence-corrected chi connectivity index (χ1v) is 12.1. The van der Waals surface area contributed by atoms with Gasteiger partial charge in [0.15, 0.2) is 0 Å². The molecule has 0 spiro atoms. The average molecular weight is 511 g/mol. The first kappa shape index (κ1) is 25.0. The third-order valence-electron chi connectivity index (χ3n) is 7.12. The topological polar surface area (TPSA) is 23.4 Å². The molecule has 0 saturated carbocycles. The molecule has 2 atom stereocenters. The molecule has 2 aliphatic rings. The highest BCUT2D eigenvalue weighted by molar-refractivity contribution is 5.82. The van der Waals surface area contributed by atoms with Gasteiger partial charge in [-0.05, 0) is 43.0 Å². The molecule has 0 bridgehead atoms. The highest BCUT2D eigenvalue weighted by Gasteiger charge is 2.43. The molecule has 3 heterocycles. The third kappa shape index (κ3) is 4.80. The largest absolute Gasteiger partial charge is 0.401 e. The van der Waals surface area contributed by atoms with Crippen molar-refractivity contribution < 1.29 is 26.3 Å². The maximum Gasteiger partial charge on any atom is 0.401 e. The maximum absolute atomic E-state index is 15.5. The molecule has 4 nitrogen and oxygen atoms in total. The van der Waals surface area contributed by atoms with E-state index in [9.17, 15) is 17.6 Å². The van der Waals surface area contributed by atoms with E-state index in [-0.39, 0.29) is 18.3 Å². The minimum Gasteiger partial charge on any atom is -0.380 e.